The van der Waals surface area contributed by atoms with Gasteiger partial charge in [0.1, 0.15) is 6.54 Å². The fraction of sp³-hybridized carbons (Fsp3) is 0.0714. The van der Waals surface area contributed by atoms with E-state index in [2.05, 4.69) is 5.32 Å². The molecule has 1 aliphatic rings. The van der Waals surface area contributed by atoms with Gasteiger partial charge in [0.25, 0.3) is 0 Å². The third kappa shape index (κ3) is 2.27. The number of carbonyl (C=O) groups is 1. The fourth-order valence-electron chi connectivity index (χ4n) is 2.12. The molecule has 0 saturated carbocycles. The van der Waals surface area contributed by atoms with Crippen molar-refractivity contribution < 1.29 is 4.79 Å². The van der Waals surface area contributed by atoms with Gasteiger partial charge in [-0.2, -0.15) is 0 Å². The zero-order valence-electron chi connectivity index (χ0n) is 9.86. The summed E-state index contributed by atoms with van der Waals surface area (Å²) in [5.74, 6) is -0.0875. The van der Waals surface area contributed by atoms with Crippen LogP contribution in [0.2, 0.25) is 10.0 Å². The molecule has 1 aliphatic heterocycles. The van der Waals surface area contributed by atoms with Gasteiger partial charge in [0.05, 0.1) is 16.4 Å². The fourth-order valence-corrected chi connectivity index (χ4v) is 2.46. The Morgan fingerprint density at radius 1 is 1.05 bits per heavy atom. The molecule has 0 aromatic heterocycles. The molecule has 1 amide bonds. The van der Waals surface area contributed by atoms with Gasteiger partial charge in [-0.1, -0.05) is 29.3 Å². The third-order valence-electron chi connectivity index (χ3n) is 2.99. The van der Waals surface area contributed by atoms with Crippen molar-refractivity contribution >= 4 is 46.2 Å². The molecule has 19 heavy (non-hydrogen) atoms. The number of hydrogen-bond acceptors (Lipinski definition) is 2. The number of carbonyl (C=O) groups excluding carboxylic acids is 1. The Morgan fingerprint density at radius 3 is 2.53 bits per heavy atom. The summed E-state index contributed by atoms with van der Waals surface area (Å²) >= 11 is 12.0. The van der Waals surface area contributed by atoms with Gasteiger partial charge >= 0.3 is 0 Å². The molecular formula is C14H10Cl2N2O. The molecule has 0 spiro atoms. The molecule has 0 atom stereocenters. The Kier molecular flexibility index (Phi) is 3.09. The molecule has 0 saturated heterocycles. The molecule has 0 aliphatic carbocycles. The van der Waals surface area contributed by atoms with Gasteiger partial charge in [-0.15, -0.1) is 0 Å². The molecule has 2 aromatic carbocycles. The molecule has 1 N–H and O–H groups in total. The predicted molar refractivity (Wildman–Crippen MR) is 78.5 cm³/mol. The van der Waals surface area contributed by atoms with Gasteiger partial charge in [-0.05, 0) is 36.4 Å². The molecule has 0 fully saturated rings. The predicted octanol–water partition coefficient (Wildman–Crippen LogP) is 4.08. The van der Waals surface area contributed by atoms with Crippen LogP contribution in [0, 0.1) is 0 Å². The second-order valence-electron chi connectivity index (χ2n) is 4.24. The van der Waals surface area contributed by atoms with Crippen molar-refractivity contribution in [2.45, 2.75) is 0 Å². The van der Waals surface area contributed by atoms with E-state index in [1.54, 1.807) is 18.2 Å². The number of nitrogens with zero attached hydrogens (tertiary/aromatic N) is 1. The van der Waals surface area contributed by atoms with Gasteiger partial charge in [0.2, 0.25) is 5.91 Å². The molecule has 96 valence electrons. The topological polar surface area (TPSA) is 32.3 Å². The molecule has 1 heterocycles. The van der Waals surface area contributed by atoms with Crippen LogP contribution in [0.4, 0.5) is 17.1 Å². The summed E-state index contributed by atoms with van der Waals surface area (Å²) in [5.41, 5.74) is 2.44. The molecule has 3 rings (SSSR count). The Balaban J connectivity index is 2.11. The van der Waals surface area contributed by atoms with E-state index < -0.39 is 0 Å². The minimum atomic E-state index is -0.0875. The van der Waals surface area contributed by atoms with Crippen molar-refractivity contribution in [2.75, 3.05) is 16.8 Å². The van der Waals surface area contributed by atoms with E-state index in [4.69, 9.17) is 23.2 Å². The Bertz CT molecular complexity index is 640. The van der Waals surface area contributed by atoms with E-state index in [1.165, 1.54) is 0 Å². The van der Waals surface area contributed by atoms with E-state index >= 15 is 0 Å². The smallest absolute Gasteiger partial charge is 0.244 e. The third-order valence-corrected chi connectivity index (χ3v) is 3.55. The highest BCUT2D eigenvalue weighted by Gasteiger charge is 2.24. The van der Waals surface area contributed by atoms with Crippen LogP contribution in [-0.4, -0.2) is 12.5 Å². The van der Waals surface area contributed by atoms with Crippen molar-refractivity contribution in [1.29, 1.82) is 0 Å². The summed E-state index contributed by atoms with van der Waals surface area (Å²) in [5, 5.41) is 4.00. The summed E-state index contributed by atoms with van der Waals surface area (Å²) < 4.78 is 0. The largest absolute Gasteiger partial charge is 0.330 e. The summed E-state index contributed by atoms with van der Waals surface area (Å²) in [4.78, 5) is 13.7. The maximum atomic E-state index is 11.8. The standard InChI is InChI=1S/C14H10Cl2N2O/c15-9-4-6-10(7-5-9)18-8-13(19)17-14-11(16)2-1-3-12(14)18/h1-7H,8H2,(H,17,19). The average molecular weight is 293 g/mol. The minimum absolute atomic E-state index is 0.0875. The molecule has 5 heteroatoms. The minimum Gasteiger partial charge on any atom is -0.330 e. The highest BCUT2D eigenvalue weighted by atomic mass is 35.5. The number of rotatable bonds is 1. The second kappa shape index (κ2) is 4.76. The van der Waals surface area contributed by atoms with E-state index in [0.717, 1.165) is 11.4 Å². The monoisotopic (exact) mass is 292 g/mol. The molecule has 3 nitrogen and oxygen atoms in total. The highest BCUT2D eigenvalue weighted by molar-refractivity contribution is 6.35. The van der Waals surface area contributed by atoms with E-state index in [9.17, 15) is 4.79 Å². The Hall–Kier alpha value is -1.71. The van der Waals surface area contributed by atoms with Crippen molar-refractivity contribution in [1.82, 2.24) is 0 Å². The van der Waals surface area contributed by atoms with Crippen LogP contribution in [0.15, 0.2) is 42.5 Å². The zero-order chi connectivity index (χ0) is 13.4. The Labute approximate surface area is 120 Å². The lowest BCUT2D eigenvalue weighted by atomic mass is 10.1. The zero-order valence-corrected chi connectivity index (χ0v) is 11.4. The van der Waals surface area contributed by atoms with Crippen molar-refractivity contribution in [3.05, 3.63) is 52.5 Å². The van der Waals surface area contributed by atoms with Crippen LogP contribution in [0.3, 0.4) is 0 Å². The number of para-hydroxylation sites is 1. The lowest BCUT2D eigenvalue weighted by molar-refractivity contribution is -0.115. The summed E-state index contributed by atoms with van der Waals surface area (Å²) in [6.07, 6.45) is 0. The van der Waals surface area contributed by atoms with Gasteiger partial charge in [0.15, 0.2) is 0 Å². The SMILES string of the molecule is O=C1CN(c2ccc(Cl)cc2)c2cccc(Cl)c2N1. The first-order valence-electron chi connectivity index (χ1n) is 5.76. The van der Waals surface area contributed by atoms with E-state index in [0.29, 0.717) is 15.7 Å². The normalized spacial score (nSPS) is 14.0. The van der Waals surface area contributed by atoms with Crippen molar-refractivity contribution in [3.63, 3.8) is 0 Å². The number of nitrogens with one attached hydrogen (secondary N) is 1. The molecule has 0 radical (unpaired) electrons. The van der Waals surface area contributed by atoms with Crippen LogP contribution in [0.1, 0.15) is 0 Å². The first kappa shape index (κ1) is 12.3. The Morgan fingerprint density at radius 2 is 1.79 bits per heavy atom. The van der Waals surface area contributed by atoms with Crippen LogP contribution in [0.25, 0.3) is 0 Å². The maximum absolute atomic E-state index is 11.8. The number of hydrogen-bond donors (Lipinski definition) is 1. The van der Waals surface area contributed by atoms with Gasteiger partial charge in [-0.3, -0.25) is 4.79 Å². The lowest BCUT2D eigenvalue weighted by Crippen LogP contribution is -2.35. The van der Waals surface area contributed by atoms with E-state index in [1.807, 2.05) is 29.2 Å². The maximum Gasteiger partial charge on any atom is 0.244 e. The first-order chi connectivity index (χ1) is 9.15. The van der Waals surface area contributed by atoms with Crippen molar-refractivity contribution in [3.8, 4) is 0 Å². The summed E-state index contributed by atoms with van der Waals surface area (Å²) in [6, 6.07) is 12.9. The van der Waals surface area contributed by atoms with Gasteiger partial charge in [0, 0.05) is 10.7 Å². The summed E-state index contributed by atoms with van der Waals surface area (Å²) in [6.45, 7) is 0.259. The number of amides is 1. The molecule has 0 bridgehead atoms. The quantitative estimate of drug-likeness (QED) is 0.859. The lowest BCUT2D eigenvalue weighted by Gasteiger charge is -2.31. The van der Waals surface area contributed by atoms with E-state index in [-0.39, 0.29) is 12.5 Å². The van der Waals surface area contributed by atoms with Crippen LogP contribution >= 0.6 is 23.2 Å². The van der Waals surface area contributed by atoms with Crippen molar-refractivity contribution in [2.24, 2.45) is 0 Å². The number of anilines is 3. The van der Waals surface area contributed by atoms with Crippen LogP contribution in [0.5, 0.6) is 0 Å². The molecule has 0 unspecified atom stereocenters. The molecular weight excluding hydrogens is 283 g/mol. The molecule has 2 aromatic rings. The second-order valence-corrected chi connectivity index (χ2v) is 5.09. The number of benzene rings is 2. The van der Waals surface area contributed by atoms with Gasteiger partial charge in [-0.25, -0.2) is 0 Å². The van der Waals surface area contributed by atoms with Crippen LogP contribution < -0.4 is 10.2 Å². The average Bonchev–Trinajstić information content (AvgIpc) is 2.40. The van der Waals surface area contributed by atoms with Gasteiger partial charge < -0.3 is 10.2 Å². The number of fused-ring (bicyclic) bond motifs is 1. The number of halogens is 2. The summed E-state index contributed by atoms with van der Waals surface area (Å²) in [7, 11) is 0. The first-order valence-corrected chi connectivity index (χ1v) is 6.52. The van der Waals surface area contributed by atoms with Crippen LogP contribution in [-0.2, 0) is 4.79 Å². The highest BCUT2D eigenvalue weighted by Crippen LogP contribution is 2.39.